The summed E-state index contributed by atoms with van der Waals surface area (Å²) in [5, 5.41) is 5.30. The van der Waals surface area contributed by atoms with Crippen LogP contribution in [0.1, 0.15) is 19.8 Å². The molecule has 2 rings (SSSR count). The molecule has 0 heterocycles. The normalized spacial score (nSPS) is 11.0. The zero-order valence-electron chi connectivity index (χ0n) is 15.6. The van der Waals surface area contributed by atoms with Crippen LogP contribution in [0.5, 0.6) is 0 Å². The van der Waals surface area contributed by atoms with E-state index in [1.54, 1.807) is 30.3 Å². The number of amides is 2. The topological polar surface area (TPSA) is 95.6 Å². The van der Waals surface area contributed by atoms with Gasteiger partial charge in [0.2, 0.25) is 21.8 Å². The fourth-order valence-electron chi connectivity index (χ4n) is 2.60. The monoisotopic (exact) mass is 407 g/mol. The molecule has 7 nitrogen and oxygen atoms in total. The predicted molar refractivity (Wildman–Crippen MR) is 107 cm³/mol. The lowest BCUT2D eigenvalue weighted by molar-refractivity contribution is -0.116. The van der Waals surface area contributed by atoms with Gasteiger partial charge in [-0.05, 0) is 36.8 Å². The van der Waals surface area contributed by atoms with E-state index in [9.17, 15) is 22.4 Å². The lowest BCUT2D eigenvalue weighted by atomic mass is 10.2. The van der Waals surface area contributed by atoms with Crippen molar-refractivity contribution >= 4 is 38.9 Å². The lowest BCUT2D eigenvalue weighted by Gasteiger charge is -2.22. The van der Waals surface area contributed by atoms with Gasteiger partial charge in [0.05, 0.1) is 11.9 Å². The number of sulfonamides is 1. The molecule has 28 heavy (non-hydrogen) atoms. The summed E-state index contributed by atoms with van der Waals surface area (Å²) in [5.74, 6) is -1.19. The van der Waals surface area contributed by atoms with E-state index in [2.05, 4.69) is 10.6 Å². The molecule has 150 valence electrons. The summed E-state index contributed by atoms with van der Waals surface area (Å²) < 4.78 is 38.9. The standard InChI is InChI=1S/C19H22FN3O4S/c1-14(24)21-15-7-5-8-16(13-15)22-19(25)11-6-12-23(28(2,26)27)18-10-4-3-9-17(18)20/h3-5,7-10,13H,6,11-12H2,1-2H3,(H,21,24)(H,22,25). The number of rotatable bonds is 8. The van der Waals surface area contributed by atoms with Crippen LogP contribution in [0.15, 0.2) is 48.5 Å². The molecule has 0 bridgehead atoms. The van der Waals surface area contributed by atoms with Crippen LogP contribution in [0.3, 0.4) is 0 Å². The van der Waals surface area contributed by atoms with E-state index in [1.807, 2.05) is 0 Å². The Morgan fingerprint density at radius 2 is 1.68 bits per heavy atom. The summed E-state index contributed by atoms with van der Waals surface area (Å²) in [5.41, 5.74) is 1.01. The first-order valence-electron chi connectivity index (χ1n) is 8.56. The highest BCUT2D eigenvalue weighted by Gasteiger charge is 2.20. The van der Waals surface area contributed by atoms with Gasteiger partial charge in [-0.3, -0.25) is 13.9 Å². The number of anilines is 3. The number of hydrogen-bond acceptors (Lipinski definition) is 4. The fourth-order valence-corrected chi connectivity index (χ4v) is 3.57. The molecule has 2 aromatic rings. The number of nitrogens with one attached hydrogen (secondary N) is 2. The molecule has 0 saturated carbocycles. The van der Waals surface area contributed by atoms with Crippen molar-refractivity contribution in [3.8, 4) is 0 Å². The highest BCUT2D eigenvalue weighted by atomic mass is 32.2. The molecule has 0 aromatic heterocycles. The molecular formula is C19H22FN3O4S. The van der Waals surface area contributed by atoms with Crippen molar-refractivity contribution in [2.24, 2.45) is 0 Å². The maximum absolute atomic E-state index is 14.0. The van der Waals surface area contributed by atoms with Crippen molar-refractivity contribution in [1.82, 2.24) is 0 Å². The second-order valence-electron chi connectivity index (χ2n) is 6.20. The first-order chi connectivity index (χ1) is 13.2. The van der Waals surface area contributed by atoms with Gasteiger partial charge in [-0.1, -0.05) is 18.2 Å². The average molecular weight is 407 g/mol. The molecule has 0 fully saturated rings. The zero-order valence-corrected chi connectivity index (χ0v) is 16.4. The van der Waals surface area contributed by atoms with Crippen LogP contribution >= 0.6 is 0 Å². The van der Waals surface area contributed by atoms with E-state index in [1.165, 1.54) is 25.1 Å². The number of para-hydroxylation sites is 1. The van der Waals surface area contributed by atoms with Gasteiger partial charge in [0.1, 0.15) is 5.82 Å². The summed E-state index contributed by atoms with van der Waals surface area (Å²) in [6, 6.07) is 12.2. The number of carbonyl (C=O) groups excluding carboxylic acids is 2. The zero-order chi connectivity index (χ0) is 20.7. The molecule has 2 amide bonds. The molecule has 0 atom stereocenters. The minimum atomic E-state index is -3.69. The Balaban J connectivity index is 1.96. The van der Waals surface area contributed by atoms with Crippen molar-refractivity contribution in [3.05, 3.63) is 54.3 Å². The van der Waals surface area contributed by atoms with Crippen LogP contribution in [-0.2, 0) is 19.6 Å². The third-order valence-electron chi connectivity index (χ3n) is 3.75. The minimum absolute atomic E-state index is 0.0287. The number of carbonyl (C=O) groups is 2. The third-order valence-corrected chi connectivity index (χ3v) is 4.93. The van der Waals surface area contributed by atoms with E-state index >= 15 is 0 Å². The van der Waals surface area contributed by atoms with Gasteiger partial charge in [-0.25, -0.2) is 12.8 Å². The molecule has 0 saturated heterocycles. The Hall–Kier alpha value is -2.94. The Kier molecular flexibility index (Phi) is 7.11. The second-order valence-corrected chi connectivity index (χ2v) is 8.11. The quantitative estimate of drug-likeness (QED) is 0.703. The maximum Gasteiger partial charge on any atom is 0.232 e. The smallest absolute Gasteiger partial charge is 0.232 e. The summed E-state index contributed by atoms with van der Waals surface area (Å²) in [7, 11) is -3.69. The van der Waals surface area contributed by atoms with Gasteiger partial charge in [0, 0.05) is 31.3 Å². The molecule has 0 aliphatic heterocycles. The summed E-state index contributed by atoms with van der Waals surface area (Å²) in [6.07, 6.45) is 1.25. The predicted octanol–water partition coefficient (Wildman–Crippen LogP) is 2.97. The van der Waals surface area contributed by atoms with E-state index in [4.69, 9.17) is 0 Å². The SMILES string of the molecule is CC(=O)Nc1cccc(NC(=O)CCCN(c2ccccc2F)S(C)(=O)=O)c1. The molecule has 0 unspecified atom stereocenters. The molecule has 2 aromatic carbocycles. The van der Waals surface area contributed by atoms with Crippen molar-refractivity contribution in [3.63, 3.8) is 0 Å². The third kappa shape index (κ3) is 6.34. The summed E-state index contributed by atoms with van der Waals surface area (Å²) >= 11 is 0. The van der Waals surface area contributed by atoms with Gasteiger partial charge in [-0.2, -0.15) is 0 Å². The Morgan fingerprint density at radius 3 is 2.29 bits per heavy atom. The van der Waals surface area contributed by atoms with Crippen LogP contribution in [0.25, 0.3) is 0 Å². The molecule has 0 aliphatic carbocycles. The largest absolute Gasteiger partial charge is 0.326 e. The Labute approximate surface area is 163 Å². The van der Waals surface area contributed by atoms with Crippen molar-refractivity contribution < 1.29 is 22.4 Å². The number of halogens is 1. The molecule has 0 aliphatic rings. The molecular weight excluding hydrogens is 385 g/mol. The molecule has 2 N–H and O–H groups in total. The van der Waals surface area contributed by atoms with E-state index < -0.39 is 15.8 Å². The molecule has 0 spiro atoms. The fraction of sp³-hybridized carbons (Fsp3) is 0.263. The van der Waals surface area contributed by atoms with E-state index in [0.717, 1.165) is 10.6 Å². The van der Waals surface area contributed by atoms with Gasteiger partial charge >= 0.3 is 0 Å². The van der Waals surface area contributed by atoms with Crippen molar-refractivity contribution in [2.45, 2.75) is 19.8 Å². The van der Waals surface area contributed by atoms with Crippen molar-refractivity contribution in [1.29, 1.82) is 0 Å². The number of benzene rings is 2. The van der Waals surface area contributed by atoms with Crippen LogP contribution in [0.2, 0.25) is 0 Å². The van der Waals surface area contributed by atoms with Crippen LogP contribution in [0.4, 0.5) is 21.5 Å². The number of nitrogens with zero attached hydrogens (tertiary/aromatic N) is 1. The second kappa shape index (κ2) is 9.32. The Morgan fingerprint density at radius 1 is 1.04 bits per heavy atom. The highest BCUT2D eigenvalue weighted by Crippen LogP contribution is 2.22. The summed E-state index contributed by atoms with van der Waals surface area (Å²) in [4.78, 5) is 23.2. The molecule has 0 radical (unpaired) electrons. The van der Waals surface area contributed by atoms with Crippen molar-refractivity contribution in [2.75, 3.05) is 27.7 Å². The Bertz CT molecular complexity index is 963. The van der Waals surface area contributed by atoms with Gasteiger partial charge in [0.15, 0.2) is 0 Å². The van der Waals surface area contributed by atoms with E-state index in [0.29, 0.717) is 11.4 Å². The number of hydrogen-bond donors (Lipinski definition) is 2. The van der Waals surface area contributed by atoms with Crippen LogP contribution in [0, 0.1) is 5.82 Å². The van der Waals surface area contributed by atoms with Gasteiger partial charge in [-0.15, -0.1) is 0 Å². The van der Waals surface area contributed by atoms with E-state index in [-0.39, 0.29) is 36.9 Å². The van der Waals surface area contributed by atoms with Gasteiger partial charge in [0.25, 0.3) is 0 Å². The van der Waals surface area contributed by atoms with Crippen LogP contribution in [-0.4, -0.2) is 33.0 Å². The average Bonchev–Trinajstić information content (AvgIpc) is 2.58. The first-order valence-corrected chi connectivity index (χ1v) is 10.4. The lowest BCUT2D eigenvalue weighted by Crippen LogP contribution is -2.32. The molecule has 9 heteroatoms. The summed E-state index contributed by atoms with van der Waals surface area (Å²) in [6.45, 7) is 1.35. The maximum atomic E-state index is 14.0. The first kappa shape index (κ1) is 21.4. The highest BCUT2D eigenvalue weighted by molar-refractivity contribution is 7.92. The van der Waals surface area contributed by atoms with Crippen LogP contribution < -0.4 is 14.9 Å². The minimum Gasteiger partial charge on any atom is -0.326 e. The van der Waals surface area contributed by atoms with Gasteiger partial charge < -0.3 is 10.6 Å².